The number of hydrogen-bond donors (Lipinski definition) is 1. The van der Waals surface area contributed by atoms with Crippen LogP contribution in [0.4, 0.5) is 0 Å². The van der Waals surface area contributed by atoms with Crippen LogP contribution in [0.15, 0.2) is 30.7 Å². The molecule has 2 aromatic rings. The van der Waals surface area contributed by atoms with Crippen molar-refractivity contribution in [1.82, 2.24) is 15.2 Å². The Morgan fingerprint density at radius 2 is 2.36 bits per heavy atom. The molecule has 0 saturated carbocycles. The average molecular weight is 184 g/mol. The molecular weight excluding hydrogens is 176 g/mol. The first kappa shape index (κ1) is 8.45. The molecule has 4 heteroatoms. The fraction of sp³-hybridized carbons (Fsp3) is 0.100. The molecule has 2 rings (SSSR count). The zero-order valence-corrected chi connectivity index (χ0v) is 7.44. The first-order valence-corrected chi connectivity index (χ1v) is 4.21. The molecule has 4 nitrogen and oxygen atoms in total. The zero-order chi connectivity index (χ0) is 9.80. The fourth-order valence-electron chi connectivity index (χ4n) is 1.29. The van der Waals surface area contributed by atoms with Crippen molar-refractivity contribution in [2.75, 3.05) is 0 Å². The van der Waals surface area contributed by atoms with Crippen molar-refractivity contribution in [1.29, 1.82) is 5.26 Å². The third-order valence-electron chi connectivity index (χ3n) is 1.94. The molecule has 0 aliphatic carbocycles. The molecule has 14 heavy (non-hydrogen) atoms. The second kappa shape index (κ2) is 3.71. The number of H-pyrrole nitrogens is 1. The molecule has 68 valence electrons. The molecule has 0 bridgehead atoms. The molecule has 0 amide bonds. The third-order valence-corrected chi connectivity index (χ3v) is 1.94. The SMILES string of the molecule is N#CCc1cn[nH]c1-c1cccnc1. The van der Waals surface area contributed by atoms with Gasteiger partial charge in [-0.3, -0.25) is 10.1 Å². The smallest absolute Gasteiger partial charge is 0.0708 e. The third kappa shape index (κ3) is 1.48. The molecule has 1 N–H and O–H groups in total. The Hall–Kier alpha value is -2.15. The van der Waals surface area contributed by atoms with E-state index in [2.05, 4.69) is 21.3 Å². The van der Waals surface area contributed by atoms with Crippen LogP contribution >= 0.6 is 0 Å². The first-order valence-electron chi connectivity index (χ1n) is 4.21. The van der Waals surface area contributed by atoms with Gasteiger partial charge in [-0.05, 0) is 12.1 Å². The lowest BCUT2D eigenvalue weighted by atomic mass is 10.1. The van der Waals surface area contributed by atoms with E-state index in [4.69, 9.17) is 5.26 Å². The standard InChI is InChI=1S/C10H8N4/c11-4-3-9-7-13-14-10(9)8-2-1-5-12-6-8/h1-2,5-7H,3H2,(H,13,14). The van der Waals surface area contributed by atoms with Gasteiger partial charge in [0.25, 0.3) is 0 Å². The van der Waals surface area contributed by atoms with Crippen LogP contribution in [0.25, 0.3) is 11.3 Å². The van der Waals surface area contributed by atoms with E-state index < -0.39 is 0 Å². The van der Waals surface area contributed by atoms with Crippen LogP contribution < -0.4 is 0 Å². The van der Waals surface area contributed by atoms with Crippen molar-refractivity contribution in [3.63, 3.8) is 0 Å². The van der Waals surface area contributed by atoms with Gasteiger partial charge in [0.05, 0.1) is 24.4 Å². The summed E-state index contributed by atoms with van der Waals surface area (Å²) in [6, 6.07) is 5.89. The summed E-state index contributed by atoms with van der Waals surface area (Å²) in [4.78, 5) is 4.01. The molecular formula is C10H8N4. The van der Waals surface area contributed by atoms with E-state index in [0.29, 0.717) is 6.42 Å². The molecule has 2 aromatic heterocycles. The number of nitriles is 1. The average Bonchev–Trinajstić information content (AvgIpc) is 2.68. The molecule has 0 aromatic carbocycles. The summed E-state index contributed by atoms with van der Waals surface area (Å²) in [7, 11) is 0. The Morgan fingerprint density at radius 1 is 1.43 bits per heavy atom. The number of nitrogens with zero attached hydrogens (tertiary/aromatic N) is 3. The molecule has 0 radical (unpaired) electrons. The maximum absolute atomic E-state index is 8.60. The normalized spacial score (nSPS) is 9.64. The van der Waals surface area contributed by atoms with Crippen molar-refractivity contribution < 1.29 is 0 Å². The van der Waals surface area contributed by atoms with Gasteiger partial charge in [0.2, 0.25) is 0 Å². The van der Waals surface area contributed by atoms with Gasteiger partial charge in [0.15, 0.2) is 0 Å². The monoisotopic (exact) mass is 184 g/mol. The Labute approximate surface area is 81.2 Å². The molecule has 0 saturated heterocycles. The fourth-order valence-corrected chi connectivity index (χ4v) is 1.29. The summed E-state index contributed by atoms with van der Waals surface area (Å²) in [5, 5.41) is 15.4. The summed E-state index contributed by atoms with van der Waals surface area (Å²) >= 11 is 0. The van der Waals surface area contributed by atoms with Crippen LogP contribution in [0, 0.1) is 11.3 Å². The highest BCUT2D eigenvalue weighted by Crippen LogP contribution is 2.19. The number of hydrogen-bond acceptors (Lipinski definition) is 3. The minimum atomic E-state index is 0.362. The van der Waals surface area contributed by atoms with Crippen molar-refractivity contribution in [3.8, 4) is 17.3 Å². The van der Waals surface area contributed by atoms with Gasteiger partial charge in [0, 0.05) is 23.5 Å². The van der Waals surface area contributed by atoms with E-state index in [0.717, 1.165) is 16.8 Å². The Balaban J connectivity index is 2.43. The lowest BCUT2D eigenvalue weighted by Crippen LogP contribution is -1.85. The predicted molar refractivity (Wildman–Crippen MR) is 51.1 cm³/mol. The van der Waals surface area contributed by atoms with E-state index in [1.807, 2.05) is 12.1 Å². The van der Waals surface area contributed by atoms with Crippen LogP contribution in [-0.4, -0.2) is 15.2 Å². The van der Waals surface area contributed by atoms with Crippen LogP contribution in [-0.2, 0) is 6.42 Å². The van der Waals surface area contributed by atoms with Crippen LogP contribution in [0.1, 0.15) is 5.56 Å². The minimum absolute atomic E-state index is 0.362. The van der Waals surface area contributed by atoms with Crippen molar-refractivity contribution >= 4 is 0 Å². The highest BCUT2D eigenvalue weighted by atomic mass is 15.1. The van der Waals surface area contributed by atoms with Gasteiger partial charge in [0.1, 0.15) is 0 Å². The first-order chi connectivity index (χ1) is 6.92. The van der Waals surface area contributed by atoms with Gasteiger partial charge in [-0.1, -0.05) is 0 Å². The Morgan fingerprint density at radius 3 is 3.07 bits per heavy atom. The van der Waals surface area contributed by atoms with Gasteiger partial charge in [-0.2, -0.15) is 10.4 Å². The second-order valence-corrected chi connectivity index (χ2v) is 2.85. The maximum atomic E-state index is 8.60. The molecule has 2 heterocycles. The van der Waals surface area contributed by atoms with Crippen LogP contribution in [0.2, 0.25) is 0 Å². The van der Waals surface area contributed by atoms with Crippen molar-refractivity contribution in [3.05, 3.63) is 36.3 Å². The van der Waals surface area contributed by atoms with E-state index in [1.165, 1.54) is 0 Å². The van der Waals surface area contributed by atoms with Gasteiger partial charge < -0.3 is 0 Å². The van der Waals surface area contributed by atoms with Crippen molar-refractivity contribution in [2.24, 2.45) is 0 Å². The Bertz CT molecular complexity index is 452. The van der Waals surface area contributed by atoms with Crippen LogP contribution in [0.3, 0.4) is 0 Å². The Kier molecular flexibility index (Phi) is 2.24. The predicted octanol–water partition coefficient (Wildman–Crippen LogP) is 1.54. The minimum Gasteiger partial charge on any atom is -0.277 e. The lowest BCUT2D eigenvalue weighted by Gasteiger charge is -1.97. The highest BCUT2D eigenvalue weighted by molar-refractivity contribution is 5.61. The molecule has 0 aliphatic rings. The largest absolute Gasteiger partial charge is 0.277 e. The van der Waals surface area contributed by atoms with E-state index >= 15 is 0 Å². The number of rotatable bonds is 2. The lowest BCUT2D eigenvalue weighted by molar-refractivity contribution is 1.09. The van der Waals surface area contributed by atoms with Gasteiger partial charge in [-0.15, -0.1) is 0 Å². The summed E-state index contributed by atoms with van der Waals surface area (Å²) in [6.07, 6.45) is 5.49. The number of aromatic amines is 1. The van der Waals surface area contributed by atoms with Gasteiger partial charge >= 0.3 is 0 Å². The zero-order valence-electron chi connectivity index (χ0n) is 7.44. The molecule has 0 unspecified atom stereocenters. The summed E-state index contributed by atoms with van der Waals surface area (Å²) in [6.45, 7) is 0. The van der Waals surface area contributed by atoms with Crippen molar-refractivity contribution in [2.45, 2.75) is 6.42 Å². The van der Waals surface area contributed by atoms with E-state index in [-0.39, 0.29) is 0 Å². The number of nitrogens with one attached hydrogen (secondary N) is 1. The summed E-state index contributed by atoms with van der Waals surface area (Å²) in [5.41, 5.74) is 2.73. The van der Waals surface area contributed by atoms with Gasteiger partial charge in [-0.25, -0.2) is 0 Å². The molecule has 0 fully saturated rings. The summed E-state index contributed by atoms with van der Waals surface area (Å²) in [5.74, 6) is 0. The van der Waals surface area contributed by atoms with E-state index in [9.17, 15) is 0 Å². The quantitative estimate of drug-likeness (QED) is 0.769. The molecule has 0 spiro atoms. The second-order valence-electron chi connectivity index (χ2n) is 2.85. The number of aromatic nitrogens is 3. The maximum Gasteiger partial charge on any atom is 0.0708 e. The highest BCUT2D eigenvalue weighted by Gasteiger charge is 2.06. The molecule has 0 aliphatic heterocycles. The van der Waals surface area contributed by atoms with E-state index in [1.54, 1.807) is 18.6 Å². The topological polar surface area (TPSA) is 65.4 Å². The molecule has 0 atom stereocenters. The van der Waals surface area contributed by atoms with Crippen LogP contribution in [0.5, 0.6) is 0 Å². The number of pyridine rings is 1. The summed E-state index contributed by atoms with van der Waals surface area (Å²) < 4.78 is 0.